The van der Waals surface area contributed by atoms with Crippen molar-refractivity contribution < 1.29 is 8.42 Å². The van der Waals surface area contributed by atoms with E-state index in [1.165, 1.54) is 10.6 Å². The van der Waals surface area contributed by atoms with E-state index in [9.17, 15) is 8.42 Å². The smallest absolute Gasteiger partial charge is 0.240 e. The second-order valence-electron chi connectivity index (χ2n) is 7.54. The number of nitrogens with zero attached hydrogens (tertiary/aromatic N) is 2. The molecule has 0 unspecified atom stereocenters. The highest BCUT2D eigenvalue weighted by Gasteiger charge is 2.32. The van der Waals surface area contributed by atoms with Crippen molar-refractivity contribution in [3.8, 4) is 0 Å². The van der Waals surface area contributed by atoms with Crippen LogP contribution in [0.1, 0.15) is 17.8 Å². The van der Waals surface area contributed by atoms with Crippen LogP contribution in [0.2, 0.25) is 0 Å². The van der Waals surface area contributed by atoms with Gasteiger partial charge in [0.2, 0.25) is 10.0 Å². The lowest BCUT2D eigenvalue weighted by atomic mass is 10.1. The summed E-state index contributed by atoms with van der Waals surface area (Å²) in [4.78, 5) is 6.28. The van der Waals surface area contributed by atoms with Crippen molar-refractivity contribution in [2.45, 2.75) is 23.9 Å². The van der Waals surface area contributed by atoms with E-state index in [-0.39, 0.29) is 12.1 Å². The number of para-hydroxylation sites is 1. The van der Waals surface area contributed by atoms with Gasteiger partial charge in [-0.3, -0.25) is 4.90 Å². The van der Waals surface area contributed by atoms with Crippen LogP contribution in [0.25, 0.3) is 0 Å². The zero-order valence-corrected chi connectivity index (χ0v) is 18.6. The van der Waals surface area contributed by atoms with Crippen LogP contribution < -0.4 is 9.62 Å². The van der Waals surface area contributed by atoms with E-state index in [0.717, 1.165) is 26.2 Å². The molecule has 1 aliphatic heterocycles. The summed E-state index contributed by atoms with van der Waals surface area (Å²) in [5, 5.41) is 2.06. The maximum Gasteiger partial charge on any atom is 0.240 e. The molecule has 3 aromatic rings. The van der Waals surface area contributed by atoms with E-state index >= 15 is 0 Å². The minimum absolute atomic E-state index is 0.00131. The fourth-order valence-electron chi connectivity index (χ4n) is 4.08. The molecule has 2 aromatic carbocycles. The van der Waals surface area contributed by atoms with E-state index in [0.29, 0.717) is 4.90 Å². The van der Waals surface area contributed by atoms with Gasteiger partial charge in [-0.1, -0.05) is 42.5 Å². The van der Waals surface area contributed by atoms with Crippen molar-refractivity contribution in [2.75, 3.05) is 31.1 Å². The van der Waals surface area contributed by atoms with Gasteiger partial charge in [-0.15, -0.1) is 11.3 Å². The predicted octanol–water partition coefficient (Wildman–Crippen LogP) is 3.98. The van der Waals surface area contributed by atoms with Crippen LogP contribution in [0.5, 0.6) is 0 Å². The van der Waals surface area contributed by atoms with Crippen LogP contribution in [-0.4, -0.2) is 45.5 Å². The second-order valence-corrected chi connectivity index (χ2v) is 10.2. The summed E-state index contributed by atoms with van der Waals surface area (Å²) in [6.07, 6.45) is 0. The molecule has 0 saturated carbocycles. The average molecular weight is 442 g/mol. The number of benzene rings is 2. The van der Waals surface area contributed by atoms with Gasteiger partial charge >= 0.3 is 0 Å². The maximum absolute atomic E-state index is 12.9. The molecule has 0 spiro atoms. The van der Waals surface area contributed by atoms with E-state index < -0.39 is 10.0 Å². The normalized spacial score (nSPS) is 17.6. The van der Waals surface area contributed by atoms with Crippen molar-refractivity contribution >= 4 is 27.0 Å². The Balaban J connectivity index is 1.50. The third-order valence-corrected chi connectivity index (χ3v) is 8.05. The molecule has 5 nitrogen and oxygen atoms in total. The maximum atomic E-state index is 12.9. The molecule has 0 bridgehead atoms. The Kier molecular flexibility index (Phi) is 6.53. The number of thiophene rings is 1. The van der Waals surface area contributed by atoms with Gasteiger partial charge in [-0.2, -0.15) is 0 Å². The molecule has 158 valence electrons. The molecule has 1 saturated heterocycles. The number of sulfonamides is 1. The molecule has 30 heavy (non-hydrogen) atoms. The Hall–Kier alpha value is -2.19. The predicted molar refractivity (Wildman–Crippen MR) is 124 cm³/mol. The first-order chi connectivity index (χ1) is 14.5. The van der Waals surface area contributed by atoms with Crippen LogP contribution >= 0.6 is 11.3 Å². The van der Waals surface area contributed by atoms with Gasteiger partial charge in [0.15, 0.2) is 0 Å². The van der Waals surface area contributed by atoms with E-state index in [1.807, 2.05) is 25.1 Å². The summed E-state index contributed by atoms with van der Waals surface area (Å²) in [6, 6.07) is 22.9. The van der Waals surface area contributed by atoms with Gasteiger partial charge in [0.05, 0.1) is 10.9 Å². The van der Waals surface area contributed by atoms with Crippen LogP contribution in [0.15, 0.2) is 83.1 Å². The van der Waals surface area contributed by atoms with Crippen LogP contribution in [0.4, 0.5) is 5.69 Å². The molecule has 1 N–H and O–H groups in total. The molecule has 2 atom stereocenters. The third-order valence-electron chi connectivity index (χ3n) is 5.53. The topological polar surface area (TPSA) is 52.7 Å². The zero-order valence-electron chi connectivity index (χ0n) is 17.0. The molecule has 1 fully saturated rings. The van der Waals surface area contributed by atoms with Crippen molar-refractivity contribution in [1.82, 2.24) is 9.62 Å². The number of piperazine rings is 1. The molecule has 0 amide bonds. The van der Waals surface area contributed by atoms with Crippen LogP contribution in [0.3, 0.4) is 0 Å². The fourth-order valence-corrected chi connectivity index (χ4v) is 6.31. The molecular weight excluding hydrogens is 414 g/mol. The van der Waals surface area contributed by atoms with Gasteiger partial charge in [0, 0.05) is 42.8 Å². The molecule has 0 radical (unpaired) electrons. The Morgan fingerprint density at radius 3 is 2.10 bits per heavy atom. The minimum atomic E-state index is -3.57. The molecule has 2 heterocycles. The Morgan fingerprint density at radius 1 is 0.867 bits per heavy atom. The summed E-state index contributed by atoms with van der Waals surface area (Å²) in [6.45, 7) is 5.58. The SMILES string of the molecule is C[C@@H](NS(=O)(=O)c1ccccc1)[C@@H](c1cccs1)N1CCN(c2ccccc2)CC1. The average Bonchev–Trinajstić information content (AvgIpc) is 3.29. The van der Waals surface area contributed by atoms with Crippen molar-refractivity contribution in [2.24, 2.45) is 0 Å². The molecule has 0 aliphatic carbocycles. The quantitative estimate of drug-likeness (QED) is 0.603. The Bertz CT molecular complexity index is 1020. The summed E-state index contributed by atoms with van der Waals surface area (Å²) >= 11 is 1.68. The van der Waals surface area contributed by atoms with E-state index in [1.54, 1.807) is 35.6 Å². The highest BCUT2D eigenvalue weighted by molar-refractivity contribution is 7.89. The summed E-state index contributed by atoms with van der Waals surface area (Å²) < 4.78 is 28.7. The van der Waals surface area contributed by atoms with Crippen molar-refractivity contribution in [3.05, 3.63) is 83.1 Å². The lowest BCUT2D eigenvalue weighted by Crippen LogP contribution is -2.52. The first kappa shape index (κ1) is 21.1. The molecule has 7 heteroatoms. The van der Waals surface area contributed by atoms with Crippen molar-refractivity contribution in [1.29, 1.82) is 0 Å². The van der Waals surface area contributed by atoms with Crippen molar-refractivity contribution in [3.63, 3.8) is 0 Å². The van der Waals surface area contributed by atoms with Gasteiger partial charge in [0.1, 0.15) is 0 Å². The summed E-state index contributed by atoms with van der Waals surface area (Å²) in [7, 11) is -3.57. The number of hydrogen-bond donors (Lipinski definition) is 1. The third kappa shape index (κ3) is 4.75. The number of nitrogens with one attached hydrogen (secondary N) is 1. The van der Waals surface area contributed by atoms with Gasteiger partial charge in [0.25, 0.3) is 0 Å². The lowest BCUT2D eigenvalue weighted by Gasteiger charge is -2.42. The van der Waals surface area contributed by atoms with Gasteiger partial charge < -0.3 is 4.90 Å². The summed E-state index contributed by atoms with van der Waals surface area (Å²) in [5.74, 6) is 0. The first-order valence-corrected chi connectivity index (χ1v) is 12.6. The fraction of sp³-hybridized carbons (Fsp3) is 0.304. The number of hydrogen-bond acceptors (Lipinski definition) is 5. The van der Waals surface area contributed by atoms with E-state index in [4.69, 9.17) is 0 Å². The van der Waals surface area contributed by atoms with Gasteiger partial charge in [-0.25, -0.2) is 13.1 Å². The summed E-state index contributed by atoms with van der Waals surface area (Å²) in [5.41, 5.74) is 1.24. The van der Waals surface area contributed by atoms with Crippen LogP contribution in [-0.2, 0) is 10.0 Å². The second kappa shape index (κ2) is 9.31. The Labute approximate surface area is 183 Å². The van der Waals surface area contributed by atoms with Crippen LogP contribution in [0, 0.1) is 0 Å². The molecule has 1 aliphatic rings. The molecular formula is C23H27N3O2S2. The minimum Gasteiger partial charge on any atom is -0.369 e. The molecule has 4 rings (SSSR count). The largest absolute Gasteiger partial charge is 0.369 e. The molecule has 1 aromatic heterocycles. The lowest BCUT2D eigenvalue weighted by molar-refractivity contribution is 0.164. The van der Waals surface area contributed by atoms with E-state index in [2.05, 4.69) is 50.2 Å². The zero-order chi connectivity index (χ0) is 21.0. The highest BCUT2D eigenvalue weighted by Crippen LogP contribution is 2.31. The van der Waals surface area contributed by atoms with Gasteiger partial charge in [-0.05, 0) is 42.6 Å². The first-order valence-electron chi connectivity index (χ1n) is 10.2. The standard InChI is InChI=1S/C23H27N3O2S2/c1-19(24-30(27,28)21-11-6-3-7-12-21)23(22-13-8-18-29-22)26-16-14-25(15-17-26)20-9-4-2-5-10-20/h2-13,18-19,23-24H,14-17H2,1H3/t19-,23+/m1/s1. The Morgan fingerprint density at radius 2 is 1.50 bits per heavy atom. The highest BCUT2D eigenvalue weighted by atomic mass is 32.2. The number of anilines is 1. The number of rotatable bonds is 7. The monoisotopic (exact) mass is 441 g/mol.